The molecule has 2 heterocycles. The normalized spacial score (nSPS) is 10.8. The standard InChI is InChI=1S/C15H12N4O3/c1-9-3-6-13-16-14(15(17-20)18(13)8-9)11-5-4-10(2)12(7-11)19(21)22/h3-8H,1-2H3. The number of hydrogen-bond acceptors (Lipinski definition) is 5. The fourth-order valence-corrected chi connectivity index (χ4v) is 2.37. The number of hydrogen-bond donors (Lipinski definition) is 0. The van der Waals surface area contributed by atoms with Gasteiger partial charge in [0, 0.05) is 23.4 Å². The molecule has 0 fully saturated rings. The third-order valence-electron chi connectivity index (χ3n) is 3.51. The van der Waals surface area contributed by atoms with Gasteiger partial charge in [-0.3, -0.25) is 14.5 Å². The molecule has 0 unspecified atom stereocenters. The maximum absolute atomic E-state index is 11.2. The molecule has 0 N–H and O–H groups in total. The molecule has 0 aliphatic rings. The molecule has 0 spiro atoms. The molecule has 0 atom stereocenters. The van der Waals surface area contributed by atoms with Gasteiger partial charge in [0.15, 0.2) is 0 Å². The van der Waals surface area contributed by atoms with Gasteiger partial charge in [0.2, 0.25) is 5.82 Å². The molecule has 3 aromatic rings. The van der Waals surface area contributed by atoms with Crippen LogP contribution in [-0.4, -0.2) is 14.3 Å². The van der Waals surface area contributed by atoms with E-state index in [-0.39, 0.29) is 11.5 Å². The van der Waals surface area contributed by atoms with Crippen molar-refractivity contribution in [1.82, 2.24) is 9.38 Å². The van der Waals surface area contributed by atoms with Crippen molar-refractivity contribution in [2.24, 2.45) is 5.18 Å². The number of pyridine rings is 1. The van der Waals surface area contributed by atoms with Crippen molar-refractivity contribution in [2.45, 2.75) is 13.8 Å². The van der Waals surface area contributed by atoms with Crippen LogP contribution in [0.5, 0.6) is 0 Å². The lowest BCUT2D eigenvalue weighted by Gasteiger charge is -2.01. The fourth-order valence-electron chi connectivity index (χ4n) is 2.37. The zero-order valence-corrected chi connectivity index (χ0v) is 12.0. The van der Waals surface area contributed by atoms with Crippen LogP contribution >= 0.6 is 0 Å². The zero-order chi connectivity index (χ0) is 15.9. The number of aromatic nitrogens is 2. The summed E-state index contributed by atoms with van der Waals surface area (Å²) in [6.07, 6.45) is 1.76. The van der Waals surface area contributed by atoms with Crippen LogP contribution in [0, 0.1) is 28.9 Å². The van der Waals surface area contributed by atoms with Crippen LogP contribution in [0.1, 0.15) is 11.1 Å². The first-order chi connectivity index (χ1) is 10.5. The lowest BCUT2D eigenvalue weighted by Crippen LogP contribution is -1.92. The minimum absolute atomic E-state index is 0.0115. The quantitative estimate of drug-likeness (QED) is 0.416. The SMILES string of the molecule is Cc1ccc2nc(-c3ccc(C)c([N+](=O)[O-])c3)c(N=O)n2c1. The minimum atomic E-state index is -0.452. The first-order valence-corrected chi connectivity index (χ1v) is 6.58. The highest BCUT2D eigenvalue weighted by Gasteiger charge is 2.18. The monoisotopic (exact) mass is 296 g/mol. The second-order valence-corrected chi connectivity index (χ2v) is 5.07. The van der Waals surface area contributed by atoms with E-state index in [1.807, 2.05) is 13.0 Å². The van der Waals surface area contributed by atoms with Crippen LogP contribution in [0.3, 0.4) is 0 Å². The number of fused-ring (bicyclic) bond motifs is 1. The van der Waals surface area contributed by atoms with Gasteiger partial charge in [0.05, 0.1) is 4.92 Å². The smallest absolute Gasteiger partial charge is 0.272 e. The van der Waals surface area contributed by atoms with E-state index in [0.29, 0.717) is 22.5 Å². The zero-order valence-electron chi connectivity index (χ0n) is 12.0. The molecule has 110 valence electrons. The molecule has 0 saturated heterocycles. The van der Waals surface area contributed by atoms with Gasteiger partial charge in [-0.05, 0) is 30.7 Å². The lowest BCUT2D eigenvalue weighted by molar-refractivity contribution is -0.385. The Kier molecular flexibility index (Phi) is 3.17. The molecule has 2 aromatic heterocycles. The van der Waals surface area contributed by atoms with Crippen LogP contribution in [0.2, 0.25) is 0 Å². The van der Waals surface area contributed by atoms with Crippen LogP contribution in [0.4, 0.5) is 11.5 Å². The summed E-state index contributed by atoms with van der Waals surface area (Å²) in [5, 5.41) is 14.1. The second-order valence-electron chi connectivity index (χ2n) is 5.07. The number of rotatable bonds is 3. The summed E-state index contributed by atoms with van der Waals surface area (Å²) in [5.74, 6) is 0.136. The predicted octanol–water partition coefficient (Wildman–Crippen LogP) is 3.92. The van der Waals surface area contributed by atoms with E-state index in [2.05, 4.69) is 10.2 Å². The summed E-state index contributed by atoms with van der Waals surface area (Å²) in [5.41, 5.74) is 2.89. The predicted molar refractivity (Wildman–Crippen MR) is 82.2 cm³/mol. The van der Waals surface area contributed by atoms with Crippen molar-refractivity contribution >= 4 is 17.2 Å². The maximum Gasteiger partial charge on any atom is 0.272 e. The summed E-state index contributed by atoms with van der Waals surface area (Å²) < 4.78 is 1.59. The molecular formula is C15H12N4O3. The topological polar surface area (TPSA) is 89.9 Å². The van der Waals surface area contributed by atoms with E-state index in [4.69, 9.17) is 0 Å². The first kappa shape index (κ1) is 13.9. The van der Waals surface area contributed by atoms with E-state index >= 15 is 0 Å². The van der Waals surface area contributed by atoms with E-state index in [1.165, 1.54) is 6.07 Å². The van der Waals surface area contributed by atoms with Gasteiger partial charge in [-0.2, -0.15) is 0 Å². The van der Waals surface area contributed by atoms with Gasteiger partial charge in [-0.25, -0.2) is 4.98 Å². The van der Waals surface area contributed by atoms with E-state index < -0.39 is 4.92 Å². The molecule has 7 heteroatoms. The summed E-state index contributed by atoms with van der Waals surface area (Å²) in [4.78, 5) is 26.2. The number of imidazole rings is 1. The summed E-state index contributed by atoms with van der Waals surface area (Å²) >= 11 is 0. The Bertz CT molecular complexity index is 915. The molecule has 0 saturated carbocycles. The molecule has 0 aliphatic heterocycles. The lowest BCUT2D eigenvalue weighted by atomic mass is 10.1. The van der Waals surface area contributed by atoms with Gasteiger partial charge in [-0.15, -0.1) is 4.91 Å². The largest absolute Gasteiger partial charge is 0.281 e. The maximum atomic E-state index is 11.2. The number of nitro groups is 1. The third kappa shape index (κ3) is 2.12. The molecule has 3 rings (SSSR count). The Labute approximate surface area is 125 Å². The summed E-state index contributed by atoms with van der Waals surface area (Å²) in [7, 11) is 0. The molecule has 22 heavy (non-hydrogen) atoms. The highest BCUT2D eigenvalue weighted by molar-refractivity contribution is 5.76. The van der Waals surface area contributed by atoms with E-state index in [9.17, 15) is 15.0 Å². The van der Waals surface area contributed by atoms with Crippen molar-refractivity contribution in [2.75, 3.05) is 0 Å². The van der Waals surface area contributed by atoms with Crippen LogP contribution in [-0.2, 0) is 0 Å². The molecule has 0 amide bonds. The average Bonchev–Trinajstić information content (AvgIpc) is 2.85. The number of benzene rings is 1. The van der Waals surface area contributed by atoms with Gasteiger partial charge >= 0.3 is 0 Å². The highest BCUT2D eigenvalue weighted by atomic mass is 16.6. The van der Waals surface area contributed by atoms with Crippen LogP contribution in [0.15, 0.2) is 41.7 Å². The van der Waals surface area contributed by atoms with Gasteiger partial charge in [-0.1, -0.05) is 18.2 Å². The number of aryl methyl sites for hydroxylation is 2. The van der Waals surface area contributed by atoms with Crippen molar-refractivity contribution < 1.29 is 4.92 Å². The Morgan fingerprint density at radius 3 is 2.68 bits per heavy atom. The van der Waals surface area contributed by atoms with Gasteiger partial charge < -0.3 is 0 Å². The van der Waals surface area contributed by atoms with E-state index in [1.54, 1.807) is 35.7 Å². The molecule has 1 aromatic carbocycles. The van der Waals surface area contributed by atoms with Gasteiger partial charge in [0.25, 0.3) is 5.69 Å². The highest BCUT2D eigenvalue weighted by Crippen LogP contribution is 2.33. The summed E-state index contributed by atoms with van der Waals surface area (Å²) in [6, 6.07) is 8.40. The van der Waals surface area contributed by atoms with Crippen molar-refractivity contribution in [3.8, 4) is 11.3 Å². The fraction of sp³-hybridized carbons (Fsp3) is 0.133. The Hall–Kier alpha value is -3.09. The van der Waals surface area contributed by atoms with Crippen LogP contribution < -0.4 is 0 Å². The first-order valence-electron chi connectivity index (χ1n) is 6.58. The van der Waals surface area contributed by atoms with Crippen molar-refractivity contribution in [1.29, 1.82) is 0 Å². The minimum Gasteiger partial charge on any atom is -0.281 e. The molecule has 0 aliphatic carbocycles. The van der Waals surface area contributed by atoms with E-state index in [0.717, 1.165) is 5.56 Å². The van der Waals surface area contributed by atoms with Gasteiger partial charge in [0.1, 0.15) is 11.3 Å². The third-order valence-corrected chi connectivity index (χ3v) is 3.51. The van der Waals surface area contributed by atoms with Crippen molar-refractivity contribution in [3.63, 3.8) is 0 Å². The number of nitroso groups, excluding NO2 is 1. The van der Waals surface area contributed by atoms with Crippen LogP contribution in [0.25, 0.3) is 16.9 Å². The van der Waals surface area contributed by atoms with Crippen molar-refractivity contribution in [3.05, 3.63) is 62.7 Å². The average molecular weight is 296 g/mol. The number of nitro benzene ring substituents is 1. The second kappa shape index (κ2) is 5.03. The Balaban J connectivity index is 2.28. The summed E-state index contributed by atoms with van der Waals surface area (Å²) in [6.45, 7) is 3.55. The molecular weight excluding hydrogens is 284 g/mol. The molecule has 0 bridgehead atoms. The molecule has 0 radical (unpaired) electrons. The Morgan fingerprint density at radius 1 is 1.23 bits per heavy atom. The number of nitrogens with zero attached hydrogens (tertiary/aromatic N) is 4. The Morgan fingerprint density at radius 2 is 2.00 bits per heavy atom. The molecule has 7 nitrogen and oxygen atoms in total.